The zero-order chi connectivity index (χ0) is 42.4. The SMILES string of the molecule is CCCCCCCCCCCCCCCCCOCC(COC1OC(COC2OC(CO)C(O)C(O)C2O)C(O)C(O)C1O)OC(=O)CCCCCCCCCCC. The standard InChI is InChI=1S/C44H84O14/c1-3-5-7-9-11-13-14-15-16-17-18-20-22-24-26-28-53-30-33(56-36(46)27-25-23-21-19-12-10-8-6-4-2)31-54-43-42(52)40(50)38(48)35(58-43)32-55-44-41(51)39(49)37(47)34(29-45)57-44/h33-35,37-45,47-52H,3-32H2,1-2H3. The molecule has 0 aromatic carbocycles. The summed E-state index contributed by atoms with van der Waals surface area (Å²) in [6, 6.07) is 0. The maximum atomic E-state index is 12.9. The molecule has 0 aromatic heterocycles. The fourth-order valence-electron chi connectivity index (χ4n) is 7.52. The molecule has 0 spiro atoms. The molecule has 0 bridgehead atoms. The number of carbonyl (C=O) groups excluding carboxylic acids is 1. The van der Waals surface area contributed by atoms with Gasteiger partial charge in [-0.25, -0.2) is 0 Å². The zero-order valence-corrected chi connectivity index (χ0v) is 36.1. The minimum absolute atomic E-state index is 0.0692. The number of aliphatic hydroxyl groups excluding tert-OH is 7. The van der Waals surface area contributed by atoms with Gasteiger partial charge in [0.15, 0.2) is 12.6 Å². The molecular formula is C44H84O14. The lowest BCUT2D eigenvalue weighted by molar-refractivity contribution is -0.332. The molecule has 11 atom stereocenters. The maximum absolute atomic E-state index is 12.9. The monoisotopic (exact) mass is 837 g/mol. The highest BCUT2D eigenvalue weighted by Gasteiger charge is 2.47. The van der Waals surface area contributed by atoms with E-state index in [1.54, 1.807) is 0 Å². The van der Waals surface area contributed by atoms with Gasteiger partial charge in [0.1, 0.15) is 54.9 Å². The fraction of sp³-hybridized carbons (Fsp3) is 0.977. The quantitative estimate of drug-likeness (QED) is 0.0313. The predicted molar refractivity (Wildman–Crippen MR) is 220 cm³/mol. The lowest BCUT2D eigenvalue weighted by Crippen LogP contribution is -2.61. The third kappa shape index (κ3) is 22.2. The van der Waals surface area contributed by atoms with Crippen molar-refractivity contribution in [3.8, 4) is 0 Å². The first-order chi connectivity index (χ1) is 28.1. The summed E-state index contributed by atoms with van der Waals surface area (Å²) in [5, 5.41) is 71.8. The van der Waals surface area contributed by atoms with Crippen molar-refractivity contribution in [3.05, 3.63) is 0 Å². The van der Waals surface area contributed by atoms with Crippen LogP contribution in [0.25, 0.3) is 0 Å². The molecule has 14 nitrogen and oxygen atoms in total. The van der Waals surface area contributed by atoms with Gasteiger partial charge in [-0.05, 0) is 12.8 Å². The molecule has 2 fully saturated rings. The molecule has 58 heavy (non-hydrogen) atoms. The molecule has 0 aliphatic carbocycles. The molecule has 2 aliphatic rings. The first-order valence-electron chi connectivity index (χ1n) is 23.1. The summed E-state index contributed by atoms with van der Waals surface area (Å²) < 4.78 is 34.1. The highest BCUT2D eigenvalue weighted by Crippen LogP contribution is 2.26. The predicted octanol–water partition coefficient (Wildman–Crippen LogP) is 5.35. The molecule has 0 aromatic rings. The Labute approximate surface area is 349 Å². The number of esters is 1. The summed E-state index contributed by atoms with van der Waals surface area (Å²) >= 11 is 0. The Bertz CT molecular complexity index is 975. The average Bonchev–Trinajstić information content (AvgIpc) is 3.22. The number of hydrogen-bond acceptors (Lipinski definition) is 14. The Morgan fingerprint density at radius 1 is 0.500 bits per heavy atom. The van der Waals surface area contributed by atoms with E-state index in [9.17, 15) is 40.5 Å². The van der Waals surface area contributed by atoms with Crippen molar-refractivity contribution < 1.29 is 69.0 Å². The van der Waals surface area contributed by atoms with Crippen LogP contribution < -0.4 is 0 Å². The van der Waals surface area contributed by atoms with Gasteiger partial charge in [0.2, 0.25) is 0 Å². The molecule has 2 rings (SSSR count). The Kier molecular flexibility index (Phi) is 30.8. The maximum Gasteiger partial charge on any atom is 0.306 e. The van der Waals surface area contributed by atoms with Crippen LogP contribution in [0.1, 0.15) is 174 Å². The van der Waals surface area contributed by atoms with Gasteiger partial charge in [-0.2, -0.15) is 0 Å². The number of hydrogen-bond donors (Lipinski definition) is 7. The molecule has 344 valence electrons. The molecule has 2 aliphatic heterocycles. The summed E-state index contributed by atoms with van der Waals surface area (Å²) in [5.41, 5.74) is 0. The second-order valence-corrected chi connectivity index (χ2v) is 16.6. The van der Waals surface area contributed by atoms with Crippen LogP contribution in [0.4, 0.5) is 0 Å². The van der Waals surface area contributed by atoms with E-state index < -0.39 is 80.7 Å². The summed E-state index contributed by atoms with van der Waals surface area (Å²) in [4.78, 5) is 12.9. The van der Waals surface area contributed by atoms with Crippen LogP contribution >= 0.6 is 0 Å². The van der Waals surface area contributed by atoms with Gasteiger partial charge in [0.05, 0.1) is 26.4 Å². The Morgan fingerprint density at radius 2 is 0.914 bits per heavy atom. The summed E-state index contributed by atoms with van der Waals surface area (Å²) in [5.74, 6) is -0.376. The number of ether oxygens (including phenoxy) is 6. The molecule has 2 saturated heterocycles. The molecule has 2 heterocycles. The molecule has 0 saturated carbocycles. The molecule has 14 heteroatoms. The summed E-state index contributed by atoms with van der Waals surface area (Å²) in [6.45, 7) is 3.68. The number of aliphatic hydroxyl groups is 7. The molecule has 0 amide bonds. The lowest BCUT2D eigenvalue weighted by atomic mass is 9.98. The molecule has 0 radical (unpaired) electrons. The van der Waals surface area contributed by atoms with Crippen LogP contribution in [0.2, 0.25) is 0 Å². The average molecular weight is 837 g/mol. The minimum Gasteiger partial charge on any atom is -0.457 e. The molecule has 7 N–H and O–H groups in total. The normalized spacial score (nSPS) is 28.2. The van der Waals surface area contributed by atoms with Gasteiger partial charge in [0.25, 0.3) is 0 Å². The number of rotatable bonds is 36. The van der Waals surface area contributed by atoms with E-state index in [2.05, 4.69) is 13.8 Å². The minimum atomic E-state index is -1.70. The highest BCUT2D eigenvalue weighted by atomic mass is 16.7. The van der Waals surface area contributed by atoms with Crippen molar-refractivity contribution in [3.63, 3.8) is 0 Å². The Morgan fingerprint density at radius 3 is 1.40 bits per heavy atom. The summed E-state index contributed by atoms with van der Waals surface area (Å²) in [6.07, 6.45) is 13.2. The van der Waals surface area contributed by atoms with Gasteiger partial charge < -0.3 is 64.2 Å². The van der Waals surface area contributed by atoms with Gasteiger partial charge in [0, 0.05) is 13.0 Å². The van der Waals surface area contributed by atoms with E-state index in [0.29, 0.717) is 13.0 Å². The van der Waals surface area contributed by atoms with E-state index in [4.69, 9.17) is 28.4 Å². The Hall–Kier alpha value is -1.01. The van der Waals surface area contributed by atoms with Crippen LogP contribution in [0.15, 0.2) is 0 Å². The molecular weight excluding hydrogens is 752 g/mol. The summed E-state index contributed by atoms with van der Waals surface area (Å²) in [7, 11) is 0. The van der Waals surface area contributed by atoms with Crippen LogP contribution in [0, 0.1) is 0 Å². The second-order valence-electron chi connectivity index (χ2n) is 16.6. The fourth-order valence-corrected chi connectivity index (χ4v) is 7.52. The van der Waals surface area contributed by atoms with E-state index >= 15 is 0 Å². The van der Waals surface area contributed by atoms with Gasteiger partial charge in [-0.15, -0.1) is 0 Å². The van der Waals surface area contributed by atoms with Crippen LogP contribution in [-0.2, 0) is 33.2 Å². The van der Waals surface area contributed by atoms with Gasteiger partial charge in [-0.1, -0.05) is 155 Å². The second kappa shape index (κ2) is 33.6. The largest absolute Gasteiger partial charge is 0.457 e. The van der Waals surface area contributed by atoms with Crippen LogP contribution in [0.3, 0.4) is 0 Å². The van der Waals surface area contributed by atoms with Crippen molar-refractivity contribution in [2.75, 3.05) is 33.0 Å². The first kappa shape index (κ1) is 53.1. The van der Waals surface area contributed by atoms with Gasteiger partial charge >= 0.3 is 5.97 Å². The van der Waals surface area contributed by atoms with Crippen molar-refractivity contribution in [1.29, 1.82) is 0 Å². The smallest absolute Gasteiger partial charge is 0.306 e. The van der Waals surface area contributed by atoms with E-state index in [0.717, 1.165) is 38.5 Å². The van der Waals surface area contributed by atoms with Crippen molar-refractivity contribution >= 4 is 5.97 Å². The third-order valence-corrected chi connectivity index (χ3v) is 11.4. The highest BCUT2D eigenvalue weighted by molar-refractivity contribution is 5.69. The van der Waals surface area contributed by atoms with Crippen LogP contribution in [0.5, 0.6) is 0 Å². The number of unbranched alkanes of at least 4 members (excludes halogenated alkanes) is 22. The van der Waals surface area contributed by atoms with Crippen molar-refractivity contribution in [2.24, 2.45) is 0 Å². The zero-order valence-electron chi connectivity index (χ0n) is 36.1. The van der Waals surface area contributed by atoms with Gasteiger partial charge in [-0.3, -0.25) is 4.79 Å². The van der Waals surface area contributed by atoms with Crippen molar-refractivity contribution in [2.45, 2.75) is 242 Å². The van der Waals surface area contributed by atoms with Crippen LogP contribution in [-0.4, -0.2) is 142 Å². The van der Waals surface area contributed by atoms with Crippen molar-refractivity contribution in [1.82, 2.24) is 0 Å². The first-order valence-corrected chi connectivity index (χ1v) is 23.1. The Balaban J connectivity index is 1.79. The lowest BCUT2D eigenvalue weighted by Gasteiger charge is -2.42. The van der Waals surface area contributed by atoms with E-state index in [1.165, 1.54) is 109 Å². The van der Waals surface area contributed by atoms with E-state index in [1.807, 2.05) is 0 Å². The molecule has 11 unspecified atom stereocenters. The third-order valence-electron chi connectivity index (χ3n) is 11.4. The van der Waals surface area contributed by atoms with E-state index in [-0.39, 0.29) is 25.6 Å². The topological polar surface area (TPSA) is 214 Å². The number of carbonyl (C=O) groups is 1.